The third-order valence-electron chi connectivity index (χ3n) is 3.90. The monoisotopic (exact) mass is 382 g/mol. The normalized spacial score (nSPS) is 11.2. The lowest BCUT2D eigenvalue weighted by Crippen LogP contribution is -2.40. The van der Waals surface area contributed by atoms with Gasteiger partial charge in [0.15, 0.2) is 12.4 Å². The zero-order chi connectivity index (χ0) is 20.5. The second-order valence-electron chi connectivity index (χ2n) is 6.20. The van der Waals surface area contributed by atoms with Crippen LogP contribution < -0.4 is 10.6 Å². The number of nitrogens with one attached hydrogen (secondary N) is 2. The Morgan fingerprint density at radius 1 is 0.929 bits per heavy atom. The first kappa shape index (κ1) is 20.8. The van der Waals surface area contributed by atoms with Crippen molar-refractivity contribution in [1.82, 2.24) is 10.6 Å². The number of hydrogen-bond donors (Lipinski definition) is 2. The minimum atomic E-state index is -0.888. The van der Waals surface area contributed by atoms with E-state index in [2.05, 4.69) is 10.6 Å². The largest absolute Gasteiger partial charge is 0.456 e. The lowest BCUT2D eigenvalue weighted by atomic mass is 10.1. The number of rotatable bonds is 8. The van der Waals surface area contributed by atoms with Crippen molar-refractivity contribution in [2.24, 2.45) is 0 Å². The highest BCUT2D eigenvalue weighted by Crippen LogP contribution is 2.06. The van der Waals surface area contributed by atoms with Crippen molar-refractivity contribution < 1.29 is 23.9 Å². The molecule has 0 spiro atoms. The fourth-order valence-corrected chi connectivity index (χ4v) is 2.31. The van der Waals surface area contributed by atoms with E-state index in [0.29, 0.717) is 17.7 Å². The molecule has 0 fully saturated rings. The average molecular weight is 382 g/mol. The van der Waals surface area contributed by atoms with Crippen molar-refractivity contribution in [2.75, 3.05) is 6.61 Å². The van der Waals surface area contributed by atoms with Crippen molar-refractivity contribution in [3.05, 3.63) is 71.3 Å². The summed E-state index contributed by atoms with van der Waals surface area (Å²) < 4.78 is 5.01. The minimum Gasteiger partial charge on any atom is -0.456 e. The van der Waals surface area contributed by atoms with Gasteiger partial charge in [0.25, 0.3) is 5.91 Å². The van der Waals surface area contributed by atoms with Gasteiger partial charge in [0, 0.05) is 24.6 Å². The molecule has 1 atom stereocenters. The first-order valence-corrected chi connectivity index (χ1v) is 8.76. The van der Waals surface area contributed by atoms with E-state index in [0.717, 1.165) is 5.56 Å². The Morgan fingerprint density at radius 2 is 1.57 bits per heavy atom. The van der Waals surface area contributed by atoms with Gasteiger partial charge in [-0.15, -0.1) is 0 Å². The second kappa shape index (κ2) is 10.0. The smallest absolute Gasteiger partial charge is 0.328 e. The average Bonchev–Trinajstić information content (AvgIpc) is 2.71. The predicted octanol–water partition coefficient (Wildman–Crippen LogP) is 1.87. The molecule has 28 heavy (non-hydrogen) atoms. The number of esters is 1. The van der Waals surface area contributed by atoms with Crippen LogP contribution in [0, 0.1) is 0 Å². The van der Waals surface area contributed by atoms with Gasteiger partial charge in [0.1, 0.15) is 6.04 Å². The van der Waals surface area contributed by atoms with E-state index in [9.17, 15) is 19.2 Å². The Hall–Kier alpha value is -3.48. The van der Waals surface area contributed by atoms with E-state index < -0.39 is 24.5 Å². The van der Waals surface area contributed by atoms with Gasteiger partial charge in [0.2, 0.25) is 5.91 Å². The molecule has 0 saturated carbocycles. The molecule has 0 unspecified atom stereocenters. The molecule has 2 amide bonds. The summed E-state index contributed by atoms with van der Waals surface area (Å²) >= 11 is 0. The number of benzene rings is 2. The van der Waals surface area contributed by atoms with E-state index >= 15 is 0 Å². The first-order chi connectivity index (χ1) is 13.4. The maximum atomic E-state index is 12.2. The lowest BCUT2D eigenvalue weighted by molar-refractivity contribution is -0.144. The van der Waals surface area contributed by atoms with Gasteiger partial charge < -0.3 is 15.4 Å². The first-order valence-electron chi connectivity index (χ1n) is 8.76. The van der Waals surface area contributed by atoms with Crippen LogP contribution in [0.3, 0.4) is 0 Å². The van der Waals surface area contributed by atoms with E-state index in [1.165, 1.54) is 13.8 Å². The van der Waals surface area contributed by atoms with Gasteiger partial charge in [-0.3, -0.25) is 14.4 Å². The molecule has 0 saturated heterocycles. The number of hydrogen-bond acceptors (Lipinski definition) is 5. The maximum absolute atomic E-state index is 12.2. The fraction of sp³-hybridized carbons (Fsp3) is 0.238. The van der Waals surface area contributed by atoms with Gasteiger partial charge in [-0.05, 0) is 24.6 Å². The van der Waals surface area contributed by atoms with Gasteiger partial charge in [-0.25, -0.2) is 4.79 Å². The molecule has 0 aliphatic rings. The van der Waals surface area contributed by atoms with Gasteiger partial charge in [-0.2, -0.15) is 0 Å². The second-order valence-corrected chi connectivity index (χ2v) is 6.20. The summed E-state index contributed by atoms with van der Waals surface area (Å²) in [6, 6.07) is 14.2. The summed E-state index contributed by atoms with van der Waals surface area (Å²) in [7, 11) is 0. The lowest BCUT2D eigenvalue weighted by Gasteiger charge is -2.13. The molecule has 0 aromatic heterocycles. The molecular formula is C21H22N2O5. The van der Waals surface area contributed by atoms with Crippen LogP contribution in [0.25, 0.3) is 0 Å². The molecule has 2 N–H and O–H groups in total. The summed E-state index contributed by atoms with van der Waals surface area (Å²) in [6.45, 7) is 2.87. The zero-order valence-electron chi connectivity index (χ0n) is 15.7. The number of ketones is 1. The summed E-state index contributed by atoms with van der Waals surface area (Å²) in [5, 5.41) is 5.19. The maximum Gasteiger partial charge on any atom is 0.328 e. The molecule has 2 rings (SSSR count). The van der Waals surface area contributed by atoms with Crippen LogP contribution in [-0.4, -0.2) is 36.2 Å². The Morgan fingerprint density at radius 3 is 2.18 bits per heavy atom. The molecule has 0 aliphatic carbocycles. The minimum absolute atomic E-state index is 0.138. The Kier molecular flexibility index (Phi) is 7.45. The van der Waals surface area contributed by atoms with Crippen LogP contribution in [0.15, 0.2) is 54.6 Å². The Labute approximate surface area is 163 Å². The molecular weight excluding hydrogens is 360 g/mol. The quantitative estimate of drug-likeness (QED) is 0.536. The number of Topliss-reactive ketones (excluding diaryl/α,β-unsaturated/α-hetero) is 1. The predicted molar refractivity (Wildman–Crippen MR) is 103 cm³/mol. The number of carbonyl (C=O) groups is 4. The number of amides is 2. The summed E-state index contributed by atoms with van der Waals surface area (Å²) in [6.07, 6.45) is 0. The van der Waals surface area contributed by atoms with Crippen LogP contribution >= 0.6 is 0 Å². The fourth-order valence-electron chi connectivity index (χ4n) is 2.31. The number of carbonyl (C=O) groups excluding carboxylic acids is 4. The molecule has 0 radical (unpaired) electrons. The molecule has 7 nitrogen and oxygen atoms in total. The highest BCUT2D eigenvalue weighted by molar-refractivity contribution is 5.99. The number of ether oxygens (including phenoxy) is 1. The van der Waals surface area contributed by atoms with Crippen molar-refractivity contribution in [2.45, 2.75) is 26.4 Å². The topological polar surface area (TPSA) is 102 Å². The SMILES string of the molecule is CC(=O)NCc1ccc(C(=O)COC(=O)[C@H](C)NC(=O)c2ccccc2)cc1. The molecule has 0 bridgehead atoms. The Balaban J connectivity index is 1.82. The van der Waals surface area contributed by atoms with Gasteiger partial charge in [0.05, 0.1) is 0 Å². The third-order valence-corrected chi connectivity index (χ3v) is 3.90. The Bertz CT molecular complexity index is 847. The van der Waals surface area contributed by atoms with Crippen molar-refractivity contribution in [1.29, 1.82) is 0 Å². The van der Waals surface area contributed by atoms with Crippen molar-refractivity contribution >= 4 is 23.6 Å². The molecule has 2 aromatic rings. The van der Waals surface area contributed by atoms with Crippen molar-refractivity contribution in [3.8, 4) is 0 Å². The van der Waals surface area contributed by atoms with E-state index in [4.69, 9.17) is 4.74 Å². The molecule has 0 heterocycles. The van der Waals surface area contributed by atoms with Crippen LogP contribution in [0.1, 0.15) is 40.1 Å². The standard InChI is InChI=1S/C21H22N2O5/c1-14(23-20(26)18-6-4-3-5-7-18)21(27)28-13-19(25)17-10-8-16(9-11-17)12-22-15(2)24/h3-11,14H,12-13H2,1-2H3,(H,22,24)(H,23,26)/t14-/m0/s1. The van der Waals surface area contributed by atoms with Crippen LogP contribution in [-0.2, 0) is 20.9 Å². The van der Waals surface area contributed by atoms with Crippen LogP contribution in [0.2, 0.25) is 0 Å². The summed E-state index contributed by atoms with van der Waals surface area (Å²) in [5.41, 5.74) is 1.67. The molecule has 2 aromatic carbocycles. The van der Waals surface area contributed by atoms with E-state index in [1.807, 2.05) is 0 Å². The van der Waals surface area contributed by atoms with E-state index in [-0.39, 0.29) is 11.7 Å². The highest BCUT2D eigenvalue weighted by Gasteiger charge is 2.19. The van der Waals surface area contributed by atoms with Crippen LogP contribution in [0.5, 0.6) is 0 Å². The van der Waals surface area contributed by atoms with Gasteiger partial charge in [-0.1, -0.05) is 42.5 Å². The molecule has 7 heteroatoms. The molecule has 0 aliphatic heterocycles. The highest BCUT2D eigenvalue weighted by atomic mass is 16.5. The van der Waals surface area contributed by atoms with E-state index in [1.54, 1.807) is 54.6 Å². The van der Waals surface area contributed by atoms with Crippen molar-refractivity contribution in [3.63, 3.8) is 0 Å². The zero-order valence-corrected chi connectivity index (χ0v) is 15.7. The summed E-state index contributed by atoms with van der Waals surface area (Å²) in [5.74, 6) is -1.59. The van der Waals surface area contributed by atoms with Crippen LogP contribution in [0.4, 0.5) is 0 Å². The summed E-state index contributed by atoms with van der Waals surface area (Å²) in [4.78, 5) is 47.1. The van der Waals surface area contributed by atoms with Gasteiger partial charge >= 0.3 is 5.97 Å². The molecule has 146 valence electrons. The third kappa shape index (κ3) is 6.35.